The summed E-state index contributed by atoms with van der Waals surface area (Å²) in [7, 11) is 1.85. The third-order valence-corrected chi connectivity index (χ3v) is 2.30. The molecule has 4 heteroatoms. The molecule has 4 nitrogen and oxygen atoms in total. The lowest BCUT2D eigenvalue weighted by Crippen LogP contribution is -1.94. The number of hydrogen-bond acceptors (Lipinski definition) is 3. The Hall–Kier alpha value is -1.84. The summed E-state index contributed by atoms with van der Waals surface area (Å²) >= 11 is 0. The van der Waals surface area contributed by atoms with Gasteiger partial charge in [0, 0.05) is 31.1 Å². The first-order valence-electron chi connectivity index (χ1n) is 4.92. The standard InChI is InChI=1S/C11H14N4/c1-8-10(15-11(12-2)14-8)7-9-5-3-4-6-13-9/h3-6H,7H2,1-2H3,(H2,12,14,15). The Kier molecular flexibility index (Phi) is 2.67. The maximum Gasteiger partial charge on any atom is 0.200 e. The van der Waals surface area contributed by atoms with Gasteiger partial charge in [-0.2, -0.15) is 0 Å². The fourth-order valence-corrected chi connectivity index (χ4v) is 1.46. The van der Waals surface area contributed by atoms with E-state index in [1.165, 1.54) is 0 Å². The number of aryl methyl sites for hydroxylation is 1. The molecule has 2 N–H and O–H groups in total. The Morgan fingerprint density at radius 1 is 1.40 bits per heavy atom. The van der Waals surface area contributed by atoms with Crippen LogP contribution < -0.4 is 5.32 Å². The molecule has 0 saturated carbocycles. The molecule has 0 unspecified atom stereocenters. The van der Waals surface area contributed by atoms with Crippen LogP contribution in [0.15, 0.2) is 24.4 Å². The zero-order chi connectivity index (χ0) is 10.7. The van der Waals surface area contributed by atoms with Gasteiger partial charge < -0.3 is 10.3 Å². The van der Waals surface area contributed by atoms with Crippen molar-refractivity contribution in [2.45, 2.75) is 13.3 Å². The Bertz CT molecular complexity index is 433. The van der Waals surface area contributed by atoms with Gasteiger partial charge >= 0.3 is 0 Å². The second-order valence-corrected chi connectivity index (χ2v) is 3.40. The molecule has 0 aromatic carbocycles. The summed E-state index contributed by atoms with van der Waals surface area (Å²) in [5, 5.41) is 2.99. The highest BCUT2D eigenvalue weighted by Gasteiger charge is 2.06. The first-order chi connectivity index (χ1) is 7.29. The summed E-state index contributed by atoms with van der Waals surface area (Å²) in [5.74, 6) is 0.804. The Morgan fingerprint density at radius 3 is 2.87 bits per heavy atom. The number of H-pyrrole nitrogens is 1. The predicted molar refractivity (Wildman–Crippen MR) is 59.9 cm³/mol. The predicted octanol–water partition coefficient (Wildman–Crippen LogP) is 1.75. The zero-order valence-corrected chi connectivity index (χ0v) is 8.91. The number of aromatic nitrogens is 3. The summed E-state index contributed by atoms with van der Waals surface area (Å²) in [6.45, 7) is 2.02. The van der Waals surface area contributed by atoms with Gasteiger partial charge in [-0.3, -0.25) is 4.98 Å². The molecule has 0 aliphatic carbocycles. The SMILES string of the molecule is CNc1nc(Cc2ccccn2)c(C)[nH]1. The highest BCUT2D eigenvalue weighted by molar-refractivity contribution is 5.31. The molecule has 0 fully saturated rings. The van der Waals surface area contributed by atoms with Crippen molar-refractivity contribution in [1.29, 1.82) is 0 Å². The van der Waals surface area contributed by atoms with Crippen LogP contribution in [-0.2, 0) is 6.42 Å². The van der Waals surface area contributed by atoms with E-state index in [4.69, 9.17) is 0 Å². The Morgan fingerprint density at radius 2 is 2.27 bits per heavy atom. The van der Waals surface area contributed by atoms with Crippen molar-refractivity contribution in [1.82, 2.24) is 15.0 Å². The number of hydrogen-bond donors (Lipinski definition) is 2. The number of rotatable bonds is 3. The molecule has 78 valence electrons. The largest absolute Gasteiger partial charge is 0.359 e. The van der Waals surface area contributed by atoms with E-state index in [1.807, 2.05) is 32.2 Å². The van der Waals surface area contributed by atoms with E-state index in [0.29, 0.717) is 0 Å². The summed E-state index contributed by atoms with van der Waals surface area (Å²) in [4.78, 5) is 11.9. The van der Waals surface area contributed by atoms with E-state index in [2.05, 4.69) is 20.3 Å². The molecule has 2 heterocycles. The molecule has 0 atom stereocenters. The highest BCUT2D eigenvalue weighted by atomic mass is 15.1. The number of nitrogens with one attached hydrogen (secondary N) is 2. The van der Waals surface area contributed by atoms with E-state index >= 15 is 0 Å². The maximum atomic E-state index is 4.42. The monoisotopic (exact) mass is 202 g/mol. The van der Waals surface area contributed by atoms with Crippen LogP contribution in [0.2, 0.25) is 0 Å². The highest BCUT2D eigenvalue weighted by Crippen LogP contribution is 2.12. The molecule has 0 aliphatic heterocycles. The quantitative estimate of drug-likeness (QED) is 0.797. The smallest absolute Gasteiger partial charge is 0.200 e. The van der Waals surface area contributed by atoms with Crippen LogP contribution in [0.5, 0.6) is 0 Å². The van der Waals surface area contributed by atoms with Crippen molar-refractivity contribution < 1.29 is 0 Å². The number of anilines is 1. The van der Waals surface area contributed by atoms with Gasteiger partial charge in [0.05, 0.1) is 5.69 Å². The lowest BCUT2D eigenvalue weighted by Gasteiger charge is -1.97. The number of nitrogens with zero attached hydrogens (tertiary/aromatic N) is 2. The molecule has 15 heavy (non-hydrogen) atoms. The van der Waals surface area contributed by atoms with Gasteiger partial charge in [-0.25, -0.2) is 4.98 Å². The fraction of sp³-hybridized carbons (Fsp3) is 0.273. The number of pyridine rings is 1. The Balaban J connectivity index is 2.21. The van der Waals surface area contributed by atoms with Gasteiger partial charge in [-0.15, -0.1) is 0 Å². The van der Waals surface area contributed by atoms with E-state index in [0.717, 1.165) is 29.5 Å². The van der Waals surface area contributed by atoms with Crippen LogP contribution in [0.1, 0.15) is 17.1 Å². The van der Waals surface area contributed by atoms with Crippen LogP contribution >= 0.6 is 0 Å². The molecule has 0 radical (unpaired) electrons. The molecular formula is C11H14N4. The van der Waals surface area contributed by atoms with E-state index in [-0.39, 0.29) is 0 Å². The molecule has 0 saturated heterocycles. The molecule has 2 aromatic heterocycles. The molecule has 2 aromatic rings. The topological polar surface area (TPSA) is 53.6 Å². The molecule has 0 amide bonds. The van der Waals surface area contributed by atoms with Crippen molar-refractivity contribution in [3.05, 3.63) is 41.5 Å². The van der Waals surface area contributed by atoms with Gasteiger partial charge in [0.2, 0.25) is 0 Å². The second-order valence-electron chi connectivity index (χ2n) is 3.40. The molecule has 0 aliphatic rings. The maximum absolute atomic E-state index is 4.42. The second kappa shape index (κ2) is 4.13. The van der Waals surface area contributed by atoms with E-state index in [1.54, 1.807) is 6.20 Å². The van der Waals surface area contributed by atoms with Gasteiger partial charge in [0.15, 0.2) is 5.95 Å². The summed E-state index contributed by atoms with van der Waals surface area (Å²) in [6.07, 6.45) is 2.57. The van der Waals surface area contributed by atoms with Gasteiger partial charge in [0.1, 0.15) is 0 Å². The van der Waals surface area contributed by atoms with Crippen molar-refractivity contribution in [3.63, 3.8) is 0 Å². The average Bonchev–Trinajstić information content (AvgIpc) is 2.61. The Labute approximate surface area is 88.8 Å². The lowest BCUT2D eigenvalue weighted by atomic mass is 10.2. The molecule has 0 spiro atoms. The van der Waals surface area contributed by atoms with Gasteiger partial charge in [-0.1, -0.05) is 6.07 Å². The molecular weight excluding hydrogens is 188 g/mol. The van der Waals surface area contributed by atoms with E-state index < -0.39 is 0 Å². The zero-order valence-electron chi connectivity index (χ0n) is 8.91. The minimum atomic E-state index is 0.769. The summed E-state index contributed by atoms with van der Waals surface area (Å²) in [5.41, 5.74) is 3.16. The summed E-state index contributed by atoms with van der Waals surface area (Å²) < 4.78 is 0. The first-order valence-corrected chi connectivity index (χ1v) is 4.92. The van der Waals surface area contributed by atoms with Crippen LogP contribution in [0.3, 0.4) is 0 Å². The van der Waals surface area contributed by atoms with Crippen molar-refractivity contribution >= 4 is 5.95 Å². The fourth-order valence-electron chi connectivity index (χ4n) is 1.46. The first kappa shape index (κ1) is 9.71. The third kappa shape index (κ3) is 2.15. The average molecular weight is 202 g/mol. The number of imidazole rings is 1. The third-order valence-electron chi connectivity index (χ3n) is 2.30. The van der Waals surface area contributed by atoms with Gasteiger partial charge in [0.25, 0.3) is 0 Å². The van der Waals surface area contributed by atoms with Crippen LogP contribution in [0, 0.1) is 6.92 Å². The van der Waals surface area contributed by atoms with Crippen LogP contribution in [0.25, 0.3) is 0 Å². The lowest BCUT2D eigenvalue weighted by molar-refractivity contribution is 1.01. The molecule has 0 bridgehead atoms. The summed E-state index contributed by atoms with van der Waals surface area (Å²) in [6, 6.07) is 5.91. The normalized spacial score (nSPS) is 10.3. The van der Waals surface area contributed by atoms with E-state index in [9.17, 15) is 0 Å². The number of aromatic amines is 1. The van der Waals surface area contributed by atoms with Crippen molar-refractivity contribution in [2.75, 3.05) is 12.4 Å². The minimum Gasteiger partial charge on any atom is -0.359 e. The van der Waals surface area contributed by atoms with Crippen molar-refractivity contribution in [2.24, 2.45) is 0 Å². The van der Waals surface area contributed by atoms with Gasteiger partial charge in [-0.05, 0) is 19.1 Å². The van der Waals surface area contributed by atoms with Crippen LogP contribution in [0.4, 0.5) is 5.95 Å². The van der Waals surface area contributed by atoms with Crippen LogP contribution in [-0.4, -0.2) is 22.0 Å². The minimum absolute atomic E-state index is 0.769. The van der Waals surface area contributed by atoms with Crippen molar-refractivity contribution in [3.8, 4) is 0 Å². The molecule has 2 rings (SSSR count).